The van der Waals surface area contributed by atoms with Crippen molar-refractivity contribution in [3.05, 3.63) is 70.8 Å². The van der Waals surface area contributed by atoms with Crippen LogP contribution in [-0.2, 0) is 17.6 Å². The number of carbonyl (C=O) groups excluding carboxylic acids is 1. The minimum Gasteiger partial charge on any atom is -0.299 e. The van der Waals surface area contributed by atoms with Crippen LogP contribution in [0.1, 0.15) is 16.7 Å². The lowest BCUT2D eigenvalue weighted by Gasteiger charge is -2.03. The molecule has 0 heterocycles. The van der Waals surface area contributed by atoms with Gasteiger partial charge in [0.05, 0.1) is 0 Å². The number of hydrogen-bond donors (Lipinski definition) is 0. The van der Waals surface area contributed by atoms with Crippen LogP contribution in [0.4, 0.5) is 8.78 Å². The SMILES string of the molecule is Cc1cccc(CC(=O)Cc2ccc(F)c(F)c2)c1. The molecule has 0 aromatic heterocycles. The first-order valence-electron chi connectivity index (χ1n) is 6.06. The van der Waals surface area contributed by atoms with Crippen LogP contribution in [0.25, 0.3) is 0 Å². The molecule has 2 aromatic rings. The van der Waals surface area contributed by atoms with Crippen molar-refractivity contribution < 1.29 is 13.6 Å². The topological polar surface area (TPSA) is 17.1 Å². The molecular weight excluding hydrogens is 246 g/mol. The third-order valence-electron chi connectivity index (χ3n) is 2.87. The Morgan fingerprint density at radius 2 is 1.63 bits per heavy atom. The molecule has 2 rings (SSSR count). The highest BCUT2D eigenvalue weighted by Gasteiger charge is 2.08. The number of ketones is 1. The van der Waals surface area contributed by atoms with E-state index in [1.165, 1.54) is 6.07 Å². The summed E-state index contributed by atoms with van der Waals surface area (Å²) in [5, 5.41) is 0. The lowest BCUT2D eigenvalue weighted by Crippen LogP contribution is -2.07. The first-order valence-corrected chi connectivity index (χ1v) is 6.06. The molecule has 0 aliphatic rings. The van der Waals surface area contributed by atoms with Crippen molar-refractivity contribution in [1.82, 2.24) is 0 Å². The normalized spacial score (nSPS) is 10.5. The number of carbonyl (C=O) groups is 1. The Morgan fingerprint density at radius 3 is 2.26 bits per heavy atom. The summed E-state index contributed by atoms with van der Waals surface area (Å²) in [5.74, 6) is -1.83. The summed E-state index contributed by atoms with van der Waals surface area (Å²) in [4.78, 5) is 11.9. The molecule has 0 unspecified atom stereocenters. The van der Waals surface area contributed by atoms with Crippen LogP contribution in [-0.4, -0.2) is 5.78 Å². The quantitative estimate of drug-likeness (QED) is 0.820. The summed E-state index contributed by atoms with van der Waals surface area (Å²) in [6.07, 6.45) is 0.422. The summed E-state index contributed by atoms with van der Waals surface area (Å²) in [6.45, 7) is 1.96. The van der Waals surface area contributed by atoms with Crippen LogP contribution in [0.15, 0.2) is 42.5 Å². The van der Waals surface area contributed by atoms with Crippen molar-refractivity contribution >= 4 is 5.78 Å². The van der Waals surface area contributed by atoms with E-state index in [0.717, 1.165) is 23.3 Å². The molecule has 0 aliphatic heterocycles. The first-order chi connectivity index (χ1) is 9.04. The van der Waals surface area contributed by atoms with Crippen molar-refractivity contribution in [1.29, 1.82) is 0 Å². The molecule has 0 spiro atoms. The fourth-order valence-corrected chi connectivity index (χ4v) is 1.99. The van der Waals surface area contributed by atoms with Gasteiger partial charge in [-0.1, -0.05) is 35.9 Å². The smallest absolute Gasteiger partial charge is 0.159 e. The number of rotatable bonds is 4. The van der Waals surface area contributed by atoms with E-state index in [4.69, 9.17) is 0 Å². The van der Waals surface area contributed by atoms with E-state index < -0.39 is 11.6 Å². The average molecular weight is 260 g/mol. The van der Waals surface area contributed by atoms with Crippen LogP contribution >= 0.6 is 0 Å². The zero-order valence-corrected chi connectivity index (χ0v) is 10.6. The van der Waals surface area contributed by atoms with Gasteiger partial charge < -0.3 is 0 Å². The zero-order chi connectivity index (χ0) is 13.8. The summed E-state index contributed by atoms with van der Waals surface area (Å²) < 4.78 is 25.8. The number of hydrogen-bond acceptors (Lipinski definition) is 1. The van der Waals surface area contributed by atoms with Crippen molar-refractivity contribution in [2.75, 3.05) is 0 Å². The highest BCUT2D eigenvalue weighted by molar-refractivity contribution is 5.83. The van der Waals surface area contributed by atoms with E-state index >= 15 is 0 Å². The summed E-state index contributed by atoms with van der Waals surface area (Å²) >= 11 is 0. The largest absolute Gasteiger partial charge is 0.299 e. The van der Waals surface area contributed by atoms with Crippen LogP contribution in [0, 0.1) is 18.6 Å². The molecule has 3 heteroatoms. The highest BCUT2D eigenvalue weighted by atomic mass is 19.2. The number of benzene rings is 2. The minimum absolute atomic E-state index is 0.0170. The predicted molar refractivity (Wildman–Crippen MR) is 70.0 cm³/mol. The summed E-state index contributed by atoms with van der Waals surface area (Å²) in [6, 6.07) is 11.2. The second-order valence-electron chi connectivity index (χ2n) is 4.63. The van der Waals surface area contributed by atoms with Crippen LogP contribution in [0.3, 0.4) is 0 Å². The molecule has 0 N–H and O–H groups in total. The molecule has 0 amide bonds. The van der Waals surface area contributed by atoms with E-state index in [1.807, 2.05) is 31.2 Å². The molecule has 0 fully saturated rings. The summed E-state index contributed by atoms with van der Waals surface area (Å²) in [5.41, 5.74) is 2.53. The third kappa shape index (κ3) is 3.71. The number of aryl methyl sites for hydroxylation is 1. The Hall–Kier alpha value is -2.03. The van der Waals surface area contributed by atoms with Gasteiger partial charge in [-0.25, -0.2) is 8.78 Å². The maximum Gasteiger partial charge on any atom is 0.159 e. The minimum atomic E-state index is -0.916. The molecule has 0 atom stereocenters. The van der Waals surface area contributed by atoms with Crippen molar-refractivity contribution in [3.8, 4) is 0 Å². The average Bonchev–Trinajstić information content (AvgIpc) is 2.34. The fraction of sp³-hybridized carbons (Fsp3) is 0.188. The highest BCUT2D eigenvalue weighted by Crippen LogP contribution is 2.11. The monoisotopic (exact) mass is 260 g/mol. The Morgan fingerprint density at radius 1 is 0.947 bits per heavy atom. The predicted octanol–water partition coefficient (Wildman–Crippen LogP) is 3.63. The Kier molecular flexibility index (Phi) is 4.05. The van der Waals surface area contributed by atoms with Crippen molar-refractivity contribution in [3.63, 3.8) is 0 Å². The van der Waals surface area contributed by atoms with Crippen molar-refractivity contribution in [2.45, 2.75) is 19.8 Å². The first kappa shape index (κ1) is 13.4. The van der Waals surface area contributed by atoms with E-state index in [1.54, 1.807) is 0 Å². The van der Waals surface area contributed by atoms with Crippen LogP contribution in [0.2, 0.25) is 0 Å². The fourth-order valence-electron chi connectivity index (χ4n) is 1.99. The molecule has 1 nitrogen and oxygen atoms in total. The van der Waals surface area contributed by atoms with Crippen LogP contribution < -0.4 is 0 Å². The van der Waals surface area contributed by atoms with Gasteiger partial charge in [-0.05, 0) is 30.2 Å². The number of Topliss-reactive ketones (excluding diaryl/α,β-unsaturated/α-hetero) is 1. The van der Waals surface area contributed by atoms with Crippen LogP contribution in [0.5, 0.6) is 0 Å². The Bertz CT molecular complexity index is 605. The molecule has 98 valence electrons. The van der Waals surface area contributed by atoms with Gasteiger partial charge in [0.2, 0.25) is 0 Å². The zero-order valence-electron chi connectivity index (χ0n) is 10.6. The molecule has 0 bridgehead atoms. The molecule has 19 heavy (non-hydrogen) atoms. The molecule has 0 radical (unpaired) electrons. The maximum absolute atomic E-state index is 13.0. The Labute approximate surface area is 110 Å². The van der Waals surface area contributed by atoms with Gasteiger partial charge >= 0.3 is 0 Å². The van der Waals surface area contributed by atoms with Crippen molar-refractivity contribution in [2.24, 2.45) is 0 Å². The van der Waals surface area contributed by atoms with E-state index in [9.17, 15) is 13.6 Å². The van der Waals surface area contributed by atoms with Gasteiger partial charge in [-0.3, -0.25) is 4.79 Å². The second kappa shape index (κ2) is 5.74. The lowest BCUT2D eigenvalue weighted by atomic mass is 10.0. The molecule has 0 aliphatic carbocycles. The Balaban J connectivity index is 2.03. The molecular formula is C16H14F2O. The van der Waals surface area contributed by atoms with Gasteiger partial charge in [0.25, 0.3) is 0 Å². The molecule has 0 saturated heterocycles. The standard InChI is InChI=1S/C16H14F2O/c1-11-3-2-4-12(7-11)8-14(19)9-13-5-6-15(17)16(18)10-13/h2-7,10H,8-9H2,1H3. The van der Waals surface area contributed by atoms with Gasteiger partial charge in [0, 0.05) is 12.8 Å². The molecule has 2 aromatic carbocycles. The van der Waals surface area contributed by atoms with E-state index in [-0.39, 0.29) is 12.2 Å². The lowest BCUT2D eigenvalue weighted by molar-refractivity contribution is -0.117. The van der Waals surface area contributed by atoms with Gasteiger partial charge in [-0.15, -0.1) is 0 Å². The molecule has 0 saturated carbocycles. The van der Waals surface area contributed by atoms with E-state index in [0.29, 0.717) is 12.0 Å². The summed E-state index contributed by atoms with van der Waals surface area (Å²) in [7, 11) is 0. The van der Waals surface area contributed by atoms with Gasteiger partial charge in [0.1, 0.15) is 5.78 Å². The van der Waals surface area contributed by atoms with Gasteiger partial charge in [0.15, 0.2) is 11.6 Å². The second-order valence-corrected chi connectivity index (χ2v) is 4.63. The number of halogens is 2. The third-order valence-corrected chi connectivity index (χ3v) is 2.87. The maximum atomic E-state index is 13.0. The van der Waals surface area contributed by atoms with Gasteiger partial charge in [-0.2, -0.15) is 0 Å². The van der Waals surface area contributed by atoms with E-state index in [2.05, 4.69) is 0 Å².